The maximum atomic E-state index is 13.1. The van der Waals surface area contributed by atoms with Crippen molar-refractivity contribution in [1.29, 1.82) is 0 Å². The summed E-state index contributed by atoms with van der Waals surface area (Å²) in [5.41, 5.74) is -0.713. The molecule has 0 fully saturated rings. The number of carbonyl (C=O) groups is 1. The van der Waals surface area contributed by atoms with Crippen LogP contribution in [0.3, 0.4) is 0 Å². The lowest BCUT2D eigenvalue weighted by molar-refractivity contribution is -0.274. The summed E-state index contributed by atoms with van der Waals surface area (Å²) in [5, 5.41) is 21.5. The predicted octanol–water partition coefficient (Wildman–Crippen LogP) is 2.45. The lowest BCUT2D eigenvalue weighted by atomic mass is 9.91. The maximum Gasteiger partial charge on any atom is 0.573 e. The first-order valence-corrected chi connectivity index (χ1v) is 9.59. The number of nitrogens with zero attached hydrogens (tertiary/aromatic N) is 6. The van der Waals surface area contributed by atoms with Crippen LogP contribution < -0.4 is 10.1 Å². The smallest absolute Gasteiger partial charge is 0.406 e. The van der Waals surface area contributed by atoms with Gasteiger partial charge in [-0.2, -0.15) is 10.2 Å². The van der Waals surface area contributed by atoms with Crippen LogP contribution in [0.2, 0.25) is 0 Å². The molecule has 33 heavy (non-hydrogen) atoms. The lowest BCUT2D eigenvalue weighted by Crippen LogP contribution is -2.42. The summed E-state index contributed by atoms with van der Waals surface area (Å²) in [6.07, 6.45) is 0.890. The number of hydrogen-bond donors (Lipinski definition) is 2. The van der Waals surface area contributed by atoms with E-state index in [4.69, 9.17) is 0 Å². The quantitative estimate of drug-likeness (QED) is 0.453. The van der Waals surface area contributed by atoms with Gasteiger partial charge in [-0.25, -0.2) is 19.2 Å². The molecule has 1 aromatic carbocycles. The third-order valence-corrected chi connectivity index (χ3v) is 4.68. The van der Waals surface area contributed by atoms with Crippen LogP contribution in [0.1, 0.15) is 35.8 Å². The van der Waals surface area contributed by atoms with Crippen LogP contribution in [-0.4, -0.2) is 52.3 Å². The summed E-state index contributed by atoms with van der Waals surface area (Å²) < 4.78 is 44.0. The first-order chi connectivity index (χ1) is 15.5. The average molecular weight is 461 g/mol. The molecule has 3 aromatic heterocycles. The standard InChI is InChI=1S/C20H18F3N7O3/c1-19(2,32)16(12-3-5-13(6-4-12)33-20(21,22)23)28-18(31)14-9-25-29-8-7-15(27-17(14)29)30-11-24-10-26-30/h3-11,16,32H,1-2H3,(H,28,31)/t16-/m0/s1. The highest BCUT2D eigenvalue weighted by Gasteiger charge is 2.33. The van der Waals surface area contributed by atoms with Gasteiger partial charge < -0.3 is 15.2 Å². The van der Waals surface area contributed by atoms with Gasteiger partial charge in [-0.1, -0.05) is 12.1 Å². The normalized spacial score (nSPS) is 13.2. The summed E-state index contributed by atoms with van der Waals surface area (Å²) in [4.78, 5) is 21.3. The van der Waals surface area contributed by atoms with Crippen molar-refractivity contribution in [2.45, 2.75) is 31.9 Å². The minimum Gasteiger partial charge on any atom is -0.406 e. The molecule has 4 aromatic rings. The van der Waals surface area contributed by atoms with Crippen molar-refractivity contribution in [3.8, 4) is 11.6 Å². The molecule has 0 spiro atoms. The minimum absolute atomic E-state index is 0.128. The second-order valence-electron chi connectivity index (χ2n) is 7.63. The maximum absolute atomic E-state index is 13.1. The number of hydrogen-bond acceptors (Lipinski definition) is 7. The first-order valence-electron chi connectivity index (χ1n) is 9.59. The van der Waals surface area contributed by atoms with E-state index >= 15 is 0 Å². The van der Waals surface area contributed by atoms with Crippen molar-refractivity contribution >= 4 is 11.6 Å². The molecule has 13 heteroatoms. The van der Waals surface area contributed by atoms with Gasteiger partial charge in [0.15, 0.2) is 11.5 Å². The highest BCUT2D eigenvalue weighted by Crippen LogP contribution is 2.29. The molecule has 0 aliphatic rings. The Morgan fingerprint density at radius 1 is 1.15 bits per heavy atom. The summed E-state index contributed by atoms with van der Waals surface area (Å²) in [7, 11) is 0. The molecule has 0 saturated heterocycles. The van der Waals surface area contributed by atoms with Gasteiger partial charge in [0.2, 0.25) is 0 Å². The number of aromatic nitrogens is 6. The Kier molecular flexibility index (Phi) is 5.49. The molecule has 172 valence electrons. The van der Waals surface area contributed by atoms with Crippen molar-refractivity contribution < 1.29 is 27.8 Å². The van der Waals surface area contributed by atoms with Gasteiger partial charge in [0, 0.05) is 12.3 Å². The predicted molar refractivity (Wildman–Crippen MR) is 108 cm³/mol. The number of alkyl halides is 3. The van der Waals surface area contributed by atoms with Crippen molar-refractivity contribution in [2.24, 2.45) is 0 Å². The number of rotatable bonds is 6. The molecule has 10 nitrogen and oxygen atoms in total. The molecule has 0 saturated carbocycles. The molecule has 0 bridgehead atoms. The highest BCUT2D eigenvalue weighted by atomic mass is 19.4. The number of fused-ring (bicyclic) bond motifs is 1. The summed E-state index contributed by atoms with van der Waals surface area (Å²) in [5.74, 6) is -0.593. The molecule has 1 amide bonds. The zero-order valence-electron chi connectivity index (χ0n) is 17.4. The average Bonchev–Trinajstić information content (AvgIpc) is 3.40. The monoisotopic (exact) mass is 461 g/mol. The first kappa shape index (κ1) is 22.2. The van der Waals surface area contributed by atoms with Crippen LogP contribution in [0.5, 0.6) is 5.75 Å². The summed E-state index contributed by atoms with van der Waals surface area (Å²) in [6.45, 7) is 2.94. The zero-order chi connectivity index (χ0) is 23.8. The molecular weight excluding hydrogens is 443 g/mol. The summed E-state index contributed by atoms with van der Waals surface area (Å²) in [6, 6.07) is 5.56. The van der Waals surface area contributed by atoms with Crippen LogP contribution in [0.25, 0.3) is 11.5 Å². The van der Waals surface area contributed by atoms with Crippen LogP contribution in [0.4, 0.5) is 13.2 Å². The fourth-order valence-corrected chi connectivity index (χ4v) is 3.21. The fourth-order valence-electron chi connectivity index (χ4n) is 3.21. The Morgan fingerprint density at radius 2 is 1.88 bits per heavy atom. The SMILES string of the molecule is CC(C)(O)[C@@H](NC(=O)c1cnn2ccc(-n3cncn3)nc12)c1ccc(OC(F)(F)F)cc1. The van der Waals surface area contributed by atoms with Gasteiger partial charge in [0.25, 0.3) is 5.91 Å². The fraction of sp³-hybridized carbons (Fsp3) is 0.250. The second-order valence-corrected chi connectivity index (χ2v) is 7.63. The molecule has 3 heterocycles. The molecule has 2 N–H and O–H groups in total. The van der Waals surface area contributed by atoms with Crippen molar-refractivity contribution in [1.82, 2.24) is 34.7 Å². The Labute approximate surface area is 184 Å². The van der Waals surface area contributed by atoms with Crippen LogP contribution >= 0.6 is 0 Å². The Hall–Kier alpha value is -4.00. The lowest BCUT2D eigenvalue weighted by Gasteiger charge is -2.30. The number of carbonyl (C=O) groups excluding carboxylic acids is 1. The molecule has 4 rings (SSSR count). The van der Waals surface area contributed by atoms with Gasteiger partial charge in [-0.3, -0.25) is 4.79 Å². The van der Waals surface area contributed by atoms with E-state index in [9.17, 15) is 23.1 Å². The van der Waals surface area contributed by atoms with Gasteiger partial charge in [-0.15, -0.1) is 13.2 Å². The number of nitrogens with one attached hydrogen (secondary N) is 1. The van der Waals surface area contributed by atoms with E-state index in [1.54, 1.807) is 12.3 Å². The van der Waals surface area contributed by atoms with Gasteiger partial charge in [0.1, 0.15) is 24.0 Å². The molecule has 0 radical (unpaired) electrons. The van der Waals surface area contributed by atoms with E-state index in [1.807, 2.05) is 0 Å². The summed E-state index contributed by atoms with van der Waals surface area (Å²) >= 11 is 0. The van der Waals surface area contributed by atoms with Crippen molar-refractivity contribution in [3.63, 3.8) is 0 Å². The van der Waals surface area contributed by atoms with Gasteiger partial charge in [-0.05, 0) is 31.5 Å². The van der Waals surface area contributed by atoms with E-state index in [0.717, 1.165) is 12.1 Å². The third kappa shape index (κ3) is 4.92. The van der Waals surface area contributed by atoms with Crippen LogP contribution in [0.15, 0.2) is 55.4 Å². The van der Waals surface area contributed by atoms with E-state index in [2.05, 4.69) is 30.2 Å². The van der Waals surface area contributed by atoms with Gasteiger partial charge in [0.05, 0.1) is 17.8 Å². The Balaban J connectivity index is 1.62. The minimum atomic E-state index is -4.83. The molecule has 0 aliphatic carbocycles. The van der Waals surface area contributed by atoms with Crippen molar-refractivity contribution in [2.75, 3.05) is 0 Å². The van der Waals surface area contributed by atoms with E-state index < -0.39 is 29.7 Å². The largest absolute Gasteiger partial charge is 0.573 e. The van der Waals surface area contributed by atoms with E-state index in [1.165, 1.54) is 54.0 Å². The zero-order valence-corrected chi connectivity index (χ0v) is 17.4. The van der Waals surface area contributed by atoms with E-state index in [-0.39, 0.29) is 11.2 Å². The molecule has 1 atom stereocenters. The number of aliphatic hydroxyl groups is 1. The number of halogens is 3. The van der Waals surface area contributed by atoms with Crippen LogP contribution in [-0.2, 0) is 0 Å². The second kappa shape index (κ2) is 8.16. The Morgan fingerprint density at radius 3 is 2.48 bits per heavy atom. The molecule has 0 unspecified atom stereocenters. The van der Waals surface area contributed by atoms with Crippen molar-refractivity contribution in [3.05, 3.63) is 66.5 Å². The molecular formula is C20H18F3N7O3. The highest BCUT2D eigenvalue weighted by molar-refractivity contribution is 6.00. The number of ether oxygens (including phenoxy) is 1. The molecule has 0 aliphatic heterocycles. The van der Waals surface area contributed by atoms with Crippen LogP contribution in [0, 0.1) is 0 Å². The Bertz CT molecular complexity index is 1260. The van der Waals surface area contributed by atoms with E-state index in [0.29, 0.717) is 11.4 Å². The number of amides is 1. The third-order valence-electron chi connectivity index (χ3n) is 4.68. The number of benzene rings is 1. The van der Waals surface area contributed by atoms with Gasteiger partial charge >= 0.3 is 6.36 Å². The topological polar surface area (TPSA) is 119 Å².